The minimum atomic E-state index is -0.658. The second-order valence-corrected chi connectivity index (χ2v) is 2.39. The average Bonchev–Trinajstić information content (AvgIpc) is 2.11. The van der Waals surface area contributed by atoms with E-state index < -0.39 is 11.6 Å². The van der Waals surface area contributed by atoms with Crippen LogP contribution in [0.4, 0.5) is 8.78 Å². The fraction of sp³-hybridized carbons (Fsp3) is 0.250. The van der Waals surface area contributed by atoms with Crippen LogP contribution in [0.1, 0.15) is 5.56 Å². The molecule has 0 amide bonds. The van der Waals surface area contributed by atoms with Gasteiger partial charge in [-0.1, -0.05) is 0 Å². The molecule has 0 atom stereocenters. The van der Waals surface area contributed by atoms with Crippen LogP contribution in [0, 0.1) is 11.6 Å². The lowest BCUT2D eigenvalue weighted by Crippen LogP contribution is -2.03. The topological polar surface area (TPSA) is 44.5 Å². The Kier molecular flexibility index (Phi) is 3.16. The first-order valence-corrected chi connectivity index (χ1v) is 3.52. The summed E-state index contributed by atoms with van der Waals surface area (Å²) in [6.07, 6.45) is 0. The summed E-state index contributed by atoms with van der Waals surface area (Å²) in [4.78, 5) is 4.20. The van der Waals surface area contributed by atoms with Gasteiger partial charge in [-0.05, 0) is 6.07 Å². The molecule has 0 spiro atoms. The summed E-state index contributed by atoms with van der Waals surface area (Å²) in [5.74, 6) is 3.33. The van der Waals surface area contributed by atoms with E-state index >= 15 is 0 Å². The third kappa shape index (κ3) is 2.13. The minimum Gasteiger partial charge on any atom is -0.494 e. The monoisotopic (exact) mass is 189 g/mol. The first-order chi connectivity index (χ1) is 6.19. The molecule has 0 radical (unpaired) electrons. The number of hydrogen-bond donors (Lipinski definition) is 1. The van der Waals surface area contributed by atoms with Crippen molar-refractivity contribution in [2.45, 2.75) is 6.61 Å². The highest BCUT2D eigenvalue weighted by Gasteiger charge is 2.11. The van der Waals surface area contributed by atoms with E-state index in [2.05, 4.69) is 9.57 Å². The first-order valence-electron chi connectivity index (χ1n) is 3.52. The van der Waals surface area contributed by atoms with Crippen LogP contribution in [0.2, 0.25) is 0 Å². The lowest BCUT2D eigenvalue weighted by atomic mass is 10.2. The minimum absolute atomic E-state index is 0.0272. The van der Waals surface area contributed by atoms with Gasteiger partial charge in [-0.25, -0.2) is 14.7 Å². The molecule has 0 unspecified atom stereocenters. The van der Waals surface area contributed by atoms with Crippen LogP contribution in [-0.4, -0.2) is 7.11 Å². The fourth-order valence-electron chi connectivity index (χ4n) is 0.962. The van der Waals surface area contributed by atoms with E-state index in [1.807, 2.05) is 0 Å². The lowest BCUT2D eigenvalue weighted by Gasteiger charge is -2.06. The van der Waals surface area contributed by atoms with E-state index in [0.29, 0.717) is 0 Å². The Labute approximate surface area is 74.0 Å². The van der Waals surface area contributed by atoms with Gasteiger partial charge in [-0.15, -0.1) is 0 Å². The zero-order chi connectivity index (χ0) is 9.84. The van der Waals surface area contributed by atoms with Crippen LogP contribution in [0.5, 0.6) is 5.75 Å². The van der Waals surface area contributed by atoms with Gasteiger partial charge in [-0.2, -0.15) is 0 Å². The molecule has 0 saturated heterocycles. The zero-order valence-corrected chi connectivity index (χ0v) is 7.01. The van der Waals surface area contributed by atoms with Crippen molar-refractivity contribution >= 4 is 0 Å². The molecule has 13 heavy (non-hydrogen) atoms. The van der Waals surface area contributed by atoms with Crippen molar-refractivity contribution in [3.05, 3.63) is 29.3 Å². The smallest absolute Gasteiger partial charge is 0.170 e. The van der Waals surface area contributed by atoms with Crippen molar-refractivity contribution < 1.29 is 18.4 Å². The molecule has 0 aliphatic heterocycles. The number of hydrogen-bond acceptors (Lipinski definition) is 3. The number of halogens is 2. The molecule has 0 heterocycles. The van der Waals surface area contributed by atoms with Crippen molar-refractivity contribution in [2.24, 2.45) is 5.90 Å². The predicted octanol–water partition coefficient (Wildman–Crippen LogP) is 1.36. The molecule has 0 fully saturated rings. The summed E-state index contributed by atoms with van der Waals surface area (Å²) in [6.45, 7) is -0.194. The van der Waals surface area contributed by atoms with Crippen molar-refractivity contribution in [1.29, 1.82) is 0 Å². The fourth-order valence-corrected chi connectivity index (χ4v) is 0.962. The van der Waals surface area contributed by atoms with Gasteiger partial charge in [0.25, 0.3) is 0 Å². The molecule has 1 aromatic carbocycles. The maximum atomic E-state index is 13.2. The molecule has 72 valence electrons. The number of ether oxygens (including phenoxy) is 1. The number of methoxy groups -OCH3 is 1. The Balaban J connectivity index is 3.11. The van der Waals surface area contributed by atoms with E-state index in [0.717, 1.165) is 12.1 Å². The maximum Gasteiger partial charge on any atom is 0.170 e. The Morgan fingerprint density at radius 2 is 2.08 bits per heavy atom. The normalized spacial score (nSPS) is 10.2. The number of benzene rings is 1. The van der Waals surface area contributed by atoms with Gasteiger partial charge >= 0.3 is 0 Å². The summed E-state index contributed by atoms with van der Waals surface area (Å²) in [6, 6.07) is 1.96. The molecule has 3 nitrogen and oxygen atoms in total. The van der Waals surface area contributed by atoms with E-state index in [9.17, 15) is 8.78 Å². The largest absolute Gasteiger partial charge is 0.494 e. The van der Waals surface area contributed by atoms with Crippen molar-refractivity contribution in [1.82, 2.24) is 0 Å². The highest BCUT2D eigenvalue weighted by Crippen LogP contribution is 2.22. The second kappa shape index (κ2) is 4.15. The third-order valence-electron chi connectivity index (χ3n) is 1.54. The predicted molar refractivity (Wildman–Crippen MR) is 41.9 cm³/mol. The van der Waals surface area contributed by atoms with Gasteiger partial charge in [0.1, 0.15) is 5.82 Å². The molecule has 1 aromatic rings. The van der Waals surface area contributed by atoms with Gasteiger partial charge in [-0.3, -0.25) is 4.84 Å². The van der Waals surface area contributed by atoms with Crippen molar-refractivity contribution in [3.63, 3.8) is 0 Å². The quantitative estimate of drug-likeness (QED) is 0.730. The summed E-state index contributed by atoms with van der Waals surface area (Å²) in [5, 5.41) is 0. The number of rotatable bonds is 3. The molecule has 0 aliphatic rings. The maximum absolute atomic E-state index is 13.2. The summed E-state index contributed by atoms with van der Waals surface area (Å²) < 4.78 is 30.6. The van der Waals surface area contributed by atoms with E-state index in [1.54, 1.807) is 0 Å². The van der Waals surface area contributed by atoms with Crippen LogP contribution >= 0.6 is 0 Å². The zero-order valence-electron chi connectivity index (χ0n) is 7.01. The Morgan fingerprint density at radius 1 is 1.38 bits per heavy atom. The van der Waals surface area contributed by atoms with E-state index in [4.69, 9.17) is 5.90 Å². The van der Waals surface area contributed by atoms with Crippen LogP contribution in [-0.2, 0) is 11.4 Å². The molecule has 2 N–H and O–H groups in total. The van der Waals surface area contributed by atoms with Gasteiger partial charge in [0, 0.05) is 11.6 Å². The number of nitrogens with two attached hydrogens (primary N) is 1. The second-order valence-electron chi connectivity index (χ2n) is 2.39. The molecule has 5 heteroatoms. The summed E-state index contributed by atoms with van der Waals surface area (Å²) >= 11 is 0. The van der Waals surface area contributed by atoms with Gasteiger partial charge in [0.2, 0.25) is 0 Å². The van der Waals surface area contributed by atoms with Gasteiger partial charge in [0.05, 0.1) is 13.7 Å². The highest BCUT2D eigenvalue weighted by atomic mass is 19.1. The molecule has 1 rings (SSSR count). The lowest BCUT2D eigenvalue weighted by molar-refractivity contribution is 0.121. The Morgan fingerprint density at radius 3 is 2.62 bits per heavy atom. The average molecular weight is 189 g/mol. The molecule has 0 aromatic heterocycles. The molecular weight excluding hydrogens is 180 g/mol. The van der Waals surface area contributed by atoms with Crippen molar-refractivity contribution in [3.8, 4) is 5.75 Å². The van der Waals surface area contributed by atoms with Crippen LogP contribution < -0.4 is 10.6 Å². The molecule has 0 aliphatic carbocycles. The Bertz CT molecular complexity index is 304. The van der Waals surface area contributed by atoms with Gasteiger partial charge < -0.3 is 4.74 Å². The first kappa shape index (κ1) is 9.88. The van der Waals surface area contributed by atoms with Gasteiger partial charge in [0.15, 0.2) is 11.6 Å². The summed E-state index contributed by atoms with van der Waals surface area (Å²) in [7, 11) is 1.25. The highest BCUT2D eigenvalue weighted by molar-refractivity contribution is 5.31. The van der Waals surface area contributed by atoms with Crippen molar-refractivity contribution in [2.75, 3.05) is 7.11 Å². The van der Waals surface area contributed by atoms with Crippen LogP contribution in [0.3, 0.4) is 0 Å². The van der Waals surface area contributed by atoms with E-state index in [1.165, 1.54) is 7.11 Å². The standard InChI is InChI=1S/C8H9F2NO2/c1-12-7-3-6(9)2-5(4-13-11)8(7)10/h2-3H,4,11H2,1H3. The molecule has 0 bridgehead atoms. The summed E-state index contributed by atoms with van der Waals surface area (Å²) in [5.41, 5.74) is 0.0272. The van der Waals surface area contributed by atoms with E-state index in [-0.39, 0.29) is 17.9 Å². The third-order valence-corrected chi connectivity index (χ3v) is 1.54. The Hall–Kier alpha value is -1.20. The molecular formula is C8H9F2NO2. The van der Waals surface area contributed by atoms with Crippen LogP contribution in [0.15, 0.2) is 12.1 Å². The molecule has 0 saturated carbocycles. The van der Waals surface area contributed by atoms with Crippen LogP contribution in [0.25, 0.3) is 0 Å². The SMILES string of the molecule is COc1cc(F)cc(CON)c1F.